The minimum absolute atomic E-state index is 0.0307. The number of unbranched alkanes of at least 4 members (excludes halogenated alkanes) is 1. The Morgan fingerprint density at radius 2 is 1.93 bits per heavy atom. The maximum atomic E-state index is 12.8. The van der Waals surface area contributed by atoms with Crippen LogP contribution in [0.1, 0.15) is 54.1 Å². The number of anilines is 1. The van der Waals surface area contributed by atoms with Crippen LogP contribution in [-0.4, -0.2) is 33.6 Å². The summed E-state index contributed by atoms with van der Waals surface area (Å²) in [5.41, 5.74) is 2.75. The normalized spacial score (nSPS) is 16.4. The van der Waals surface area contributed by atoms with E-state index in [2.05, 4.69) is 17.0 Å². The van der Waals surface area contributed by atoms with E-state index in [4.69, 9.17) is 4.74 Å². The van der Waals surface area contributed by atoms with Gasteiger partial charge in [0, 0.05) is 24.4 Å². The lowest BCUT2D eigenvalue weighted by Crippen LogP contribution is -2.32. The maximum absolute atomic E-state index is 12.8. The van der Waals surface area contributed by atoms with Crippen LogP contribution in [0.3, 0.4) is 0 Å². The molecule has 1 heterocycles. The standard InChI is InChI=1S/C23H30N2O4S/c1-3-4-6-18-9-11-19(12-10-18)25-30(27,28)21-13-8-17(2)22(15-21)23(26)24-16-20-7-5-14-29-20/h8-13,15,20,25H,3-7,14,16H2,1-2H3,(H,24,26). The van der Waals surface area contributed by atoms with Crippen LogP contribution in [0.25, 0.3) is 0 Å². The third kappa shape index (κ3) is 5.83. The highest BCUT2D eigenvalue weighted by molar-refractivity contribution is 7.92. The molecule has 7 heteroatoms. The number of hydrogen-bond donors (Lipinski definition) is 2. The zero-order chi connectivity index (χ0) is 21.6. The molecule has 1 aliphatic rings. The van der Waals surface area contributed by atoms with Gasteiger partial charge < -0.3 is 10.1 Å². The molecule has 0 spiro atoms. The zero-order valence-corrected chi connectivity index (χ0v) is 18.4. The molecule has 1 aliphatic heterocycles. The maximum Gasteiger partial charge on any atom is 0.261 e. The van der Waals surface area contributed by atoms with E-state index in [0.717, 1.165) is 44.3 Å². The van der Waals surface area contributed by atoms with E-state index in [0.29, 0.717) is 17.8 Å². The van der Waals surface area contributed by atoms with Crippen molar-refractivity contribution in [3.63, 3.8) is 0 Å². The minimum Gasteiger partial charge on any atom is -0.376 e. The average Bonchev–Trinajstić information content (AvgIpc) is 3.25. The molecule has 6 nitrogen and oxygen atoms in total. The quantitative estimate of drug-likeness (QED) is 0.629. The molecule has 0 bridgehead atoms. The summed E-state index contributed by atoms with van der Waals surface area (Å²) in [7, 11) is -3.80. The number of benzene rings is 2. The molecule has 1 atom stereocenters. The Morgan fingerprint density at radius 1 is 1.17 bits per heavy atom. The van der Waals surface area contributed by atoms with Gasteiger partial charge in [0.05, 0.1) is 11.0 Å². The summed E-state index contributed by atoms with van der Waals surface area (Å²) in [6, 6.07) is 12.0. The lowest BCUT2D eigenvalue weighted by Gasteiger charge is -2.14. The van der Waals surface area contributed by atoms with Crippen molar-refractivity contribution in [1.82, 2.24) is 5.32 Å². The molecular formula is C23H30N2O4S. The molecule has 2 aromatic carbocycles. The van der Waals surface area contributed by atoms with Gasteiger partial charge in [0.15, 0.2) is 0 Å². The molecule has 0 aromatic heterocycles. The molecule has 0 saturated carbocycles. The largest absolute Gasteiger partial charge is 0.376 e. The van der Waals surface area contributed by atoms with Gasteiger partial charge in [0.2, 0.25) is 0 Å². The van der Waals surface area contributed by atoms with Crippen molar-refractivity contribution in [2.45, 2.75) is 57.0 Å². The number of carbonyl (C=O) groups excluding carboxylic acids is 1. The second kappa shape index (κ2) is 10.1. The number of amides is 1. The molecule has 1 unspecified atom stereocenters. The lowest BCUT2D eigenvalue weighted by atomic mass is 10.1. The van der Waals surface area contributed by atoms with Crippen LogP contribution < -0.4 is 10.0 Å². The molecule has 2 aromatic rings. The topological polar surface area (TPSA) is 84.5 Å². The molecule has 1 amide bonds. The van der Waals surface area contributed by atoms with Gasteiger partial charge in [-0.15, -0.1) is 0 Å². The van der Waals surface area contributed by atoms with Gasteiger partial charge in [-0.1, -0.05) is 31.5 Å². The summed E-state index contributed by atoms with van der Waals surface area (Å²) in [5.74, 6) is -0.291. The minimum atomic E-state index is -3.80. The van der Waals surface area contributed by atoms with Crippen LogP contribution in [0, 0.1) is 6.92 Å². The number of hydrogen-bond acceptors (Lipinski definition) is 4. The van der Waals surface area contributed by atoms with E-state index >= 15 is 0 Å². The van der Waals surface area contributed by atoms with Gasteiger partial charge in [-0.2, -0.15) is 0 Å². The Hall–Kier alpha value is -2.38. The number of sulfonamides is 1. The first kappa shape index (κ1) is 22.3. The number of ether oxygens (including phenoxy) is 1. The molecule has 0 radical (unpaired) electrons. The van der Waals surface area contributed by atoms with Gasteiger partial charge in [-0.3, -0.25) is 9.52 Å². The van der Waals surface area contributed by atoms with Crippen molar-refractivity contribution in [3.05, 3.63) is 59.2 Å². The van der Waals surface area contributed by atoms with Crippen LogP contribution >= 0.6 is 0 Å². The second-order valence-electron chi connectivity index (χ2n) is 7.73. The Morgan fingerprint density at radius 3 is 2.60 bits per heavy atom. The molecule has 3 rings (SSSR count). The van der Waals surface area contributed by atoms with Gasteiger partial charge in [0.1, 0.15) is 0 Å². The molecule has 1 saturated heterocycles. The van der Waals surface area contributed by atoms with E-state index < -0.39 is 10.0 Å². The molecule has 0 aliphatic carbocycles. The SMILES string of the molecule is CCCCc1ccc(NS(=O)(=O)c2ccc(C)c(C(=O)NCC3CCCO3)c2)cc1. The van der Waals surface area contributed by atoms with E-state index in [1.165, 1.54) is 17.7 Å². The lowest BCUT2D eigenvalue weighted by molar-refractivity contribution is 0.0857. The summed E-state index contributed by atoms with van der Waals surface area (Å²) in [6.45, 7) is 5.08. The fourth-order valence-electron chi connectivity index (χ4n) is 3.45. The van der Waals surface area contributed by atoms with Crippen molar-refractivity contribution in [2.75, 3.05) is 17.9 Å². The zero-order valence-electron chi connectivity index (χ0n) is 17.6. The Balaban J connectivity index is 1.70. The summed E-state index contributed by atoms with van der Waals surface area (Å²) in [6.07, 6.45) is 5.15. The monoisotopic (exact) mass is 430 g/mol. The van der Waals surface area contributed by atoms with Crippen molar-refractivity contribution >= 4 is 21.6 Å². The van der Waals surface area contributed by atoms with E-state index in [1.54, 1.807) is 25.1 Å². The highest BCUT2D eigenvalue weighted by atomic mass is 32.2. The van der Waals surface area contributed by atoms with E-state index in [-0.39, 0.29) is 16.9 Å². The van der Waals surface area contributed by atoms with Crippen molar-refractivity contribution in [3.8, 4) is 0 Å². The molecule has 30 heavy (non-hydrogen) atoms. The van der Waals surface area contributed by atoms with Crippen LogP contribution in [0.5, 0.6) is 0 Å². The summed E-state index contributed by atoms with van der Waals surface area (Å²) < 4.78 is 33.8. The van der Waals surface area contributed by atoms with Gasteiger partial charge in [-0.05, 0) is 68.0 Å². The highest BCUT2D eigenvalue weighted by Crippen LogP contribution is 2.20. The first-order chi connectivity index (χ1) is 14.4. The van der Waals surface area contributed by atoms with Crippen molar-refractivity contribution in [2.24, 2.45) is 0 Å². The first-order valence-electron chi connectivity index (χ1n) is 10.5. The number of aryl methyl sites for hydroxylation is 2. The third-order valence-corrected chi connectivity index (χ3v) is 6.68. The predicted molar refractivity (Wildman–Crippen MR) is 118 cm³/mol. The van der Waals surface area contributed by atoms with Gasteiger partial charge in [-0.25, -0.2) is 8.42 Å². The highest BCUT2D eigenvalue weighted by Gasteiger charge is 2.20. The Kier molecular flexibility index (Phi) is 7.50. The van der Waals surface area contributed by atoms with E-state index in [9.17, 15) is 13.2 Å². The fraction of sp³-hybridized carbons (Fsp3) is 0.435. The van der Waals surface area contributed by atoms with E-state index in [1.807, 2.05) is 12.1 Å². The Labute approximate surface area is 179 Å². The summed E-state index contributed by atoms with van der Waals surface area (Å²) in [5, 5.41) is 2.85. The summed E-state index contributed by atoms with van der Waals surface area (Å²) >= 11 is 0. The van der Waals surface area contributed by atoms with Crippen LogP contribution in [-0.2, 0) is 21.2 Å². The predicted octanol–water partition coefficient (Wildman–Crippen LogP) is 4.05. The van der Waals surface area contributed by atoms with Gasteiger partial charge >= 0.3 is 0 Å². The van der Waals surface area contributed by atoms with Gasteiger partial charge in [0.25, 0.3) is 15.9 Å². The fourth-order valence-corrected chi connectivity index (χ4v) is 4.54. The number of rotatable bonds is 9. The smallest absolute Gasteiger partial charge is 0.261 e. The molecule has 2 N–H and O–H groups in total. The first-order valence-corrected chi connectivity index (χ1v) is 12.0. The Bertz CT molecular complexity index is 965. The number of carbonyl (C=O) groups is 1. The molecular weight excluding hydrogens is 400 g/mol. The second-order valence-corrected chi connectivity index (χ2v) is 9.41. The third-order valence-electron chi connectivity index (χ3n) is 5.30. The number of nitrogens with one attached hydrogen (secondary N) is 2. The molecule has 1 fully saturated rings. The average molecular weight is 431 g/mol. The van der Waals surface area contributed by atoms with Crippen LogP contribution in [0.2, 0.25) is 0 Å². The van der Waals surface area contributed by atoms with Crippen molar-refractivity contribution in [1.29, 1.82) is 0 Å². The van der Waals surface area contributed by atoms with Crippen LogP contribution in [0.15, 0.2) is 47.4 Å². The molecule has 162 valence electrons. The summed E-state index contributed by atoms with van der Waals surface area (Å²) in [4.78, 5) is 12.7. The van der Waals surface area contributed by atoms with Crippen LogP contribution in [0.4, 0.5) is 5.69 Å². The van der Waals surface area contributed by atoms with Crippen molar-refractivity contribution < 1.29 is 17.9 Å².